The molecule has 1 aromatic carbocycles. The third-order valence-electron chi connectivity index (χ3n) is 4.41. The Kier molecular flexibility index (Phi) is 5.96. The molecule has 1 aromatic heterocycles. The summed E-state index contributed by atoms with van der Waals surface area (Å²) in [5, 5.41) is 5.02. The second-order valence-electron chi connectivity index (χ2n) is 6.46. The molecule has 144 valence electrons. The molecule has 1 saturated heterocycles. The van der Waals surface area contributed by atoms with E-state index in [2.05, 4.69) is 5.32 Å². The SMILES string of the molecule is CCOC(=O)c1c(-c2ccccc2)csc1NC(=O)C[C@H]1CCS(=O)(=O)C1. The van der Waals surface area contributed by atoms with E-state index in [1.54, 1.807) is 6.92 Å². The molecule has 0 aliphatic carbocycles. The fraction of sp³-hybridized carbons (Fsp3) is 0.368. The Hall–Kier alpha value is -2.19. The lowest BCUT2D eigenvalue weighted by molar-refractivity contribution is -0.116. The zero-order valence-corrected chi connectivity index (χ0v) is 16.6. The number of anilines is 1. The van der Waals surface area contributed by atoms with Gasteiger partial charge in [-0.15, -0.1) is 11.3 Å². The normalized spacial score (nSPS) is 18.2. The fourth-order valence-corrected chi connectivity index (χ4v) is 5.99. The van der Waals surface area contributed by atoms with Gasteiger partial charge in [0.2, 0.25) is 5.91 Å². The van der Waals surface area contributed by atoms with E-state index < -0.39 is 15.8 Å². The minimum absolute atomic E-state index is 0.0465. The number of thiophene rings is 1. The Morgan fingerprint density at radius 3 is 2.63 bits per heavy atom. The molecule has 0 saturated carbocycles. The van der Waals surface area contributed by atoms with Crippen molar-refractivity contribution in [1.82, 2.24) is 0 Å². The first-order chi connectivity index (χ1) is 12.9. The first-order valence-corrected chi connectivity index (χ1v) is 11.4. The maximum atomic E-state index is 12.5. The fourth-order valence-electron chi connectivity index (χ4n) is 3.16. The van der Waals surface area contributed by atoms with Crippen LogP contribution in [0.1, 0.15) is 30.1 Å². The van der Waals surface area contributed by atoms with Crippen LogP contribution in [0.4, 0.5) is 5.00 Å². The highest BCUT2D eigenvalue weighted by atomic mass is 32.2. The van der Waals surface area contributed by atoms with Gasteiger partial charge < -0.3 is 10.1 Å². The molecule has 0 unspecified atom stereocenters. The Morgan fingerprint density at radius 1 is 1.26 bits per heavy atom. The predicted octanol–water partition coefficient (Wildman–Crippen LogP) is 3.36. The van der Waals surface area contributed by atoms with Gasteiger partial charge in [0.05, 0.1) is 18.1 Å². The van der Waals surface area contributed by atoms with Crippen LogP contribution in [-0.2, 0) is 19.4 Å². The Morgan fingerprint density at radius 2 is 2.00 bits per heavy atom. The number of hydrogen-bond donors (Lipinski definition) is 1. The van der Waals surface area contributed by atoms with E-state index in [4.69, 9.17) is 4.74 Å². The summed E-state index contributed by atoms with van der Waals surface area (Å²) in [5.41, 5.74) is 1.90. The summed E-state index contributed by atoms with van der Waals surface area (Å²) in [4.78, 5) is 24.9. The lowest BCUT2D eigenvalue weighted by atomic mass is 10.0. The number of benzene rings is 1. The van der Waals surface area contributed by atoms with Crippen molar-refractivity contribution in [2.45, 2.75) is 19.8 Å². The topological polar surface area (TPSA) is 89.5 Å². The molecule has 2 heterocycles. The Labute approximate surface area is 162 Å². The molecule has 1 atom stereocenters. The highest BCUT2D eigenvalue weighted by Crippen LogP contribution is 2.36. The minimum Gasteiger partial charge on any atom is -0.462 e. The minimum atomic E-state index is -3.03. The van der Waals surface area contributed by atoms with Crippen LogP contribution in [0.5, 0.6) is 0 Å². The van der Waals surface area contributed by atoms with Gasteiger partial charge in [0.15, 0.2) is 9.84 Å². The standard InChI is InChI=1S/C19H21NO5S2/c1-2-25-19(22)17-15(14-6-4-3-5-7-14)11-26-18(17)20-16(21)10-13-8-9-27(23,24)12-13/h3-7,11,13H,2,8-10,12H2,1H3,(H,20,21)/t13-/m1/s1. The average Bonchev–Trinajstić information content (AvgIpc) is 3.18. The summed E-state index contributed by atoms with van der Waals surface area (Å²) in [6.45, 7) is 1.96. The number of esters is 1. The lowest BCUT2D eigenvalue weighted by Gasteiger charge is -2.10. The zero-order valence-electron chi connectivity index (χ0n) is 14.9. The first-order valence-electron chi connectivity index (χ1n) is 8.74. The van der Waals surface area contributed by atoms with Gasteiger partial charge in [-0.3, -0.25) is 4.79 Å². The van der Waals surface area contributed by atoms with Gasteiger partial charge in [-0.2, -0.15) is 0 Å². The van der Waals surface area contributed by atoms with Crippen molar-refractivity contribution in [3.63, 3.8) is 0 Å². The molecule has 1 fully saturated rings. The molecular formula is C19H21NO5S2. The molecule has 8 heteroatoms. The number of hydrogen-bond acceptors (Lipinski definition) is 6. The van der Waals surface area contributed by atoms with Crippen molar-refractivity contribution in [1.29, 1.82) is 0 Å². The third kappa shape index (κ3) is 4.75. The summed E-state index contributed by atoms with van der Waals surface area (Å²) < 4.78 is 28.3. The van der Waals surface area contributed by atoms with Crippen molar-refractivity contribution in [2.24, 2.45) is 5.92 Å². The molecule has 27 heavy (non-hydrogen) atoms. The van der Waals surface area contributed by atoms with Crippen molar-refractivity contribution in [3.05, 3.63) is 41.3 Å². The highest BCUT2D eigenvalue weighted by Gasteiger charge is 2.30. The largest absolute Gasteiger partial charge is 0.462 e. The molecule has 0 radical (unpaired) electrons. The maximum Gasteiger partial charge on any atom is 0.341 e. The molecule has 1 N–H and O–H groups in total. The van der Waals surface area contributed by atoms with Crippen LogP contribution in [0.3, 0.4) is 0 Å². The van der Waals surface area contributed by atoms with E-state index in [1.807, 2.05) is 35.7 Å². The van der Waals surface area contributed by atoms with E-state index in [9.17, 15) is 18.0 Å². The van der Waals surface area contributed by atoms with Crippen LogP contribution in [0.15, 0.2) is 35.7 Å². The third-order valence-corrected chi connectivity index (χ3v) is 7.14. The van der Waals surface area contributed by atoms with E-state index in [0.29, 0.717) is 22.5 Å². The lowest BCUT2D eigenvalue weighted by Crippen LogP contribution is -2.18. The molecular weight excluding hydrogens is 386 g/mol. The number of nitrogens with one attached hydrogen (secondary N) is 1. The van der Waals surface area contributed by atoms with Crippen molar-refractivity contribution in [2.75, 3.05) is 23.4 Å². The average molecular weight is 408 g/mol. The van der Waals surface area contributed by atoms with Crippen LogP contribution in [0.2, 0.25) is 0 Å². The number of sulfone groups is 1. The summed E-state index contributed by atoms with van der Waals surface area (Å²) in [6.07, 6.45) is 0.625. The molecule has 0 spiro atoms. The van der Waals surface area contributed by atoms with Crippen LogP contribution in [-0.4, -0.2) is 38.4 Å². The molecule has 6 nitrogen and oxygen atoms in total. The summed E-state index contributed by atoms with van der Waals surface area (Å²) in [6, 6.07) is 9.42. The van der Waals surface area contributed by atoms with Gasteiger partial charge >= 0.3 is 5.97 Å². The van der Waals surface area contributed by atoms with Gasteiger partial charge in [0.1, 0.15) is 10.6 Å². The van der Waals surface area contributed by atoms with E-state index in [0.717, 1.165) is 5.56 Å². The molecule has 2 aromatic rings. The quantitative estimate of drug-likeness (QED) is 0.742. The van der Waals surface area contributed by atoms with Crippen molar-refractivity contribution in [3.8, 4) is 11.1 Å². The number of rotatable bonds is 6. The molecule has 0 bridgehead atoms. The van der Waals surface area contributed by atoms with Gasteiger partial charge in [-0.05, 0) is 24.8 Å². The monoisotopic (exact) mass is 407 g/mol. The molecule has 1 aliphatic heterocycles. The maximum absolute atomic E-state index is 12.5. The highest BCUT2D eigenvalue weighted by molar-refractivity contribution is 7.91. The second kappa shape index (κ2) is 8.22. The van der Waals surface area contributed by atoms with E-state index in [-0.39, 0.29) is 36.4 Å². The van der Waals surface area contributed by atoms with Gasteiger partial charge in [-0.25, -0.2) is 13.2 Å². The van der Waals surface area contributed by atoms with E-state index in [1.165, 1.54) is 11.3 Å². The molecule has 1 aliphatic rings. The van der Waals surface area contributed by atoms with Crippen LogP contribution in [0.25, 0.3) is 11.1 Å². The molecule has 3 rings (SSSR count). The van der Waals surface area contributed by atoms with Crippen molar-refractivity contribution >= 4 is 38.1 Å². The number of amides is 1. The summed E-state index contributed by atoms with van der Waals surface area (Å²) in [7, 11) is -3.03. The summed E-state index contributed by atoms with van der Waals surface area (Å²) in [5.74, 6) is -0.767. The van der Waals surface area contributed by atoms with E-state index >= 15 is 0 Å². The van der Waals surface area contributed by atoms with Crippen molar-refractivity contribution < 1.29 is 22.7 Å². The molecule has 1 amide bonds. The summed E-state index contributed by atoms with van der Waals surface area (Å²) >= 11 is 1.26. The zero-order chi connectivity index (χ0) is 19.4. The number of carbonyl (C=O) groups excluding carboxylic acids is 2. The van der Waals surface area contributed by atoms with Gasteiger partial charge in [0.25, 0.3) is 0 Å². The number of ether oxygens (including phenoxy) is 1. The van der Waals surface area contributed by atoms with Crippen LogP contribution < -0.4 is 5.32 Å². The van der Waals surface area contributed by atoms with Gasteiger partial charge in [-0.1, -0.05) is 30.3 Å². The number of carbonyl (C=O) groups is 2. The Balaban J connectivity index is 1.81. The van der Waals surface area contributed by atoms with Crippen LogP contribution in [0, 0.1) is 5.92 Å². The second-order valence-corrected chi connectivity index (χ2v) is 9.57. The smallest absolute Gasteiger partial charge is 0.341 e. The first kappa shape index (κ1) is 19.6. The Bertz CT molecular complexity index is 934. The van der Waals surface area contributed by atoms with Crippen LogP contribution >= 0.6 is 11.3 Å². The van der Waals surface area contributed by atoms with Gasteiger partial charge in [0, 0.05) is 17.4 Å². The predicted molar refractivity (Wildman–Crippen MR) is 106 cm³/mol.